The first-order chi connectivity index (χ1) is 11.0. The van der Waals surface area contributed by atoms with Crippen molar-refractivity contribution >= 4 is 29.9 Å². The monoisotopic (exact) mass is 353 g/mol. The number of nitrogens with zero attached hydrogens (tertiary/aromatic N) is 1. The van der Waals surface area contributed by atoms with Gasteiger partial charge in [0.2, 0.25) is 5.91 Å². The van der Waals surface area contributed by atoms with Gasteiger partial charge in [0.25, 0.3) is 5.91 Å². The molecule has 0 saturated heterocycles. The van der Waals surface area contributed by atoms with Gasteiger partial charge in [0.15, 0.2) is 0 Å². The maximum absolute atomic E-state index is 12.4. The maximum Gasteiger partial charge on any atom is 0.253 e. The molecule has 0 aromatic heterocycles. The molecule has 1 saturated carbocycles. The van der Waals surface area contributed by atoms with Gasteiger partial charge in [-0.1, -0.05) is 12.5 Å². The van der Waals surface area contributed by atoms with Crippen molar-refractivity contribution < 1.29 is 9.59 Å². The van der Waals surface area contributed by atoms with Crippen molar-refractivity contribution in [3.05, 3.63) is 29.8 Å². The Morgan fingerprint density at radius 1 is 1.25 bits per heavy atom. The molecule has 6 heteroatoms. The first-order valence-electron chi connectivity index (χ1n) is 8.50. The molecule has 1 aromatic rings. The molecule has 1 fully saturated rings. The molecule has 0 bridgehead atoms. The summed E-state index contributed by atoms with van der Waals surface area (Å²) in [4.78, 5) is 26.5. The molecule has 2 unspecified atom stereocenters. The summed E-state index contributed by atoms with van der Waals surface area (Å²) in [7, 11) is 0. The largest absolute Gasteiger partial charge is 0.339 e. The molecule has 2 atom stereocenters. The summed E-state index contributed by atoms with van der Waals surface area (Å²) in [5.74, 6) is -0.0285. The van der Waals surface area contributed by atoms with Crippen LogP contribution in [0.25, 0.3) is 0 Å². The summed E-state index contributed by atoms with van der Waals surface area (Å²) >= 11 is 0. The Morgan fingerprint density at radius 2 is 1.96 bits per heavy atom. The van der Waals surface area contributed by atoms with Crippen LogP contribution in [0.4, 0.5) is 5.69 Å². The Bertz CT molecular complexity index is 561. The van der Waals surface area contributed by atoms with Gasteiger partial charge < -0.3 is 16.0 Å². The lowest BCUT2D eigenvalue weighted by Crippen LogP contribution is -2.34. The van der Waals surface area contributed by atoms with Gasteiger partial charge in [0, 0.05) is 36.3 Å². The highest BCUT2D eigenvalue weighted by Crippen LogP contribution is 2.24. The number of benzene rings is 1. The number of anilines is 1. The number of amides is 2. The van der Waals surface area contributed by atoms with Crippen LogP contribution in [0.15, 0.2) is 24.3 Å². The molecule has 1 aliphatic carbocycles. The van der Waals surface area contributed by atoms with Crippen LogP contribution in [0.2, 0.25) is 0 Å². The van der Waals surface area contributed by atoms with Gasteiger partial charge in [0.05, 0.1) is 0 Å². The fourth-order valence-electron chi connectivity index (χ4n) is 3.13. The number of hydrogen-bond acceptors (Lipinski definition) is 3. The summed E-state index contributed by atoms with van der Waals surface area (Å²) < 4.78 is 0. The summed E-state index contributed by atoms with van der Waals surface area (Å²) in [6.45, 7) is 5.26. The predicted octanol–water partition coefficient (Wildman–Crippen LogP) is 3.05. The minimum Gasteiger partial charge on any atom is -0.339 e. The molecule has 0 radical (unpaired) electrons. The molecule has 2 amide bonds. The second kappa shape index (κ2) is 9.64. The van der Waals surface area contributed by atoms with E-state index in [4.69, 9.17) is 5.73 Å². The fraction of sp³-hybridized carbons (Fsp3) is 0.556. The van der Waals surface area contributed by atoms with Crippen molar-refractivity contribution in [2.24, 2.45) is 11.7 Å². The van der Waals surface area contributed by atoms with Crippen LogP contribution >= 0.6 is 12.4 Å². The maximum atomic E-state index is 12.4. The van der Waals surface area contributed by atoms with Crippen LogP contribution in [-0.2, 0) is 4.79 Å². The van der Waals surface area contributed by atoms with Gasteiger partial charge in [-0.3, -0.25) is 9.59 Å². The summed E-state index contributed by atoms with van der Waals surface area (Å²) in [6, 6.07) is 7.28. The number of nitrogens with two attached hydrogens (primary N) is 1. The van der Waals surface area contributed by atoms with Crippen molar-refractivity contribution in [1.82, 2.24) is 4.90 Å². The highest BCUT2D eigenvalue weighted by molar-refractivity contribution is 5.97. The Hall–Kier alpha value is -1.59. The van der Waals surface area contributed by atoms with Crippen LogP contribution in [-0.4, -0.2) is 35.8 Å². The molecular formula is C18H28ClN3O2. The van der Waals surface area contributed by atoms with E-state index >= 15 is 0 Å². The lowest BCUT2D eigenvalue weighted by molar-refractivity contribution is -0.120. The van der Waals surface area contributed by atoms with Crippen LogP contribution in [0.1, 0.15) is 49.9 Å². The van der Waals surface area contributed by atoms with Crippen LogP contribution in [0, 0.1) is 5.92 Å². The van der Waals surface area contributed by atoms with Gasteiger partial charge in [-0.2, -0.15) is 0 Å². The number of carbonyl (C=O) groups excluding carboxylic acids is 2. The third-order valence-electron chi connectivity index (χ3n) is 4.51. The van der Waals surface area contributed by atoms with Crippen molar-refractivity contribution in [2.75, 3.05) is 18.4 Å². The van der Waals surface area contributed by atoms with E-state index in [0.29, 0.717) is 24.3 Å². The lowest BCUT2D eigenvalue weighted by Gasteiger charge is -2.25. The van der Waals surface area contributed by atoms with Crippen molar-refractivity contribution in [1.29, 1.82) is 0 Å². The first-order valence-corrected chi connectivity index (χ1v) is 8.50. The third kappa shape index (κ3) is 5.21. The van der Waals surface area contributed by atoms with Crippen molar-refractivity contribution in [2.45, 2.75) is 45.6 Å². The van der Waals surface area contributed by atoms with Crippen LogP contribution in [0.3, 0.4) is 0 Å². The molecule has 2 rings (SSSR count). The van der Waals surface area contributed by atoms with Gasteiger partial charge in [-0.05, 0) is 51.3 Å². The second-order valence-corrected chi connectivity index (χ2v) is 6.17. The zero-order chi connectivity index (χ0) is 16.8. The molecule has 3 N–H and O–H groups in total. The Kier molecular flexibility index (Phi) is 8.22. The SMILES string of the molecule is CCN(CC)C(=O)c1cccc(NC(=O)C2CCCC(N)C2)c1.Cl. The first kappa shape index (κ1) is 20.5. The zero-order valence-electron chi connectivity index (χ0n) is 14.5. The second-order valence-electron chi connectivity index (χ2n) is 6.17. The topological polar surface area (TPSA) is 75.4 Å². The van der Waals surface area contributed by atoms with E-state index in [-0.39, 0.29) is 36.2 Å². The normalized spacial score (nSPS) is 20.0. The molecule has 0 aliphatic heterocycles. The van der Waals surface area contributed by atoms with Crippen molar-refractivity contribution in [3.63, 3.8) is 0 Å². The molecule has 0 spiro atoms. The van der Waals surface area contributed by atoms with Gasteiger partial charge in [-0.15, -0.1) is 12.4 Å². The highest BCUT2D eigenvalue weighted by Gasteiger charge is 2.25. The molecule has 1 aliphatic rings. The Balaban J connectivity index is 0.00000288. The van der Waals surface area contributed by atoms with E-state index in [2.05, 4.69) is 5.32 Å². The number of carbonyl (C=O) groups is 2. The minimum atomic E-state index is -0.0270. The number of rotatable bonds is 5. The standard InChI is InChI=1S/C18H27N3O2.ClH/c1-3-21(4-2)18(23)14-8-6-10-16(12-14)20-17(22)13-7-5-9-15(19)11-13;/h6,8,10,12-13,15H,3-5,7,9,11,19H2,1-2H3,(H,20,22);1H. The van der Waals surface area contributed by atoms with Gasteiger partial charge in [-0.25, -0.2) is 0 Å². The molecule has 24 heavy (non-hydrogen) atoms. The van der Waals surface area contributed by atoms with E-state index in [1.165, 1.54) is 0 Å². The zero-order valence-corrected chi connectivity index (χ0v) is 15.3. The summed E-state index contributed by atoms with van der Waals surface area (Å²) in [5, 5.41) is 2.94. The predicted molar refractivity (Wildman–Crippen MR) is 99.5 cm³/mol. The molecule has 1 aromatic carbocycles. The Labute approximate surface area is 150 Å². The lowest BCUT2D eigenvalue weighted by atomic mass is 9.85. The molecule has 5 nitrogen and oxygen atoms in total. The quantitative estimate of drug-likeness (QED) is 0.854. The highest BCUT2D eigenvalue weighted by atomic mass is 35.5. The van der Waals surface area contributed by atoms with E-state index < -0.39 is 0 Å². The smallest absolute Gasteiger partial charge is 0.253 e. The third-order valence-corrected chi connectivity index (χ3v) is 4.51. The van der Waals surface area contributed by atoms with Crippen LogP contribution < -0.4 is 11.1 Å². The van der Waals surface area contributed by atoms with Gasteiger partial charge in [0.1, 0.15) is 0 Å². The summed E-state index contributed by atoms with van der Waals surface area (Å²) in [6.07, 6.45) is 3.62. The van der Waals surface area contributed by atoms with E-state index in [0.717, 1.165) is 25.7 Å². The molecule has 134 valence electrons. The molecular weight excluding hydrogens is 326 g/mol. The summed E-state index contributed by atoms with van der Waals surface area (Å²) in [5.41, 5.74) is 7.23. The average molecular weight is 354 g/mol. The average Bonchev–Trinajstić information content (AvgIpc) is 2.56. The Morgan fingerprint density at radius 3 is 2.58 bits per heavy atom. The van der Waals surface area contributed by atoms with Gasteiger partial charge >= 0.3 is 0 Å². The number of nitrogens with one attached hydrogen (secondary N) is 1. The molecule has 0 heterocycles. The fourth-order valence-corrected chi connectivity index (χ4v) is 3.13. The number of halogens is 1. The van der Waals surface area contributed by atoms with Crippen LogP contribution in [0.5, 0.6) is 0 Å². The van der Waals surface area contributed by atoms with E-state index in [1.54, 1.807) is 23.1 Å². The number of hydrogen-bond donors (Lipinski definition) is 2. The van der Waals surface area contributed by atoms with Crippen molar-refractivity contribution in [3.8, 4) is 0 Å². The van der Waals surface area contributed by atoms with E-state index in [1.807, 2.05) is 19.9 Å². The van der Waals surface area contributed by atoms with E-state index in [9.17, 15) is 9.59 Å². The minimum absolute atomic E-state index is 0.